The second kappa shape index (κ2) is 8.67. The molecule has 1 saturated carbocycles. The average Bonchev–Trinajstić information content (AvgIpc) is 3.08. The maximum atomic E-state index is 10.3. The van der Waals surface area contributed by atoms with Crippen molar-refractivity contribution >= 4 is 17.6 Å². The molecule has 0 radical (unpaired) electrons. The number of aliphatic hydroxyl groups is 1. The highest BCUT2D eigenvalue weighted by atomic mass is 35.5. The second-order valence-electron chi connectivity index (χ2n) is 5.83. The third kappa shape index (κ3) is 6.24. The Morgan fingerprint density at radius 2 is 2.24 bits per heavy atom. The molecular weight excluding hydrogens is 344 g/mol. The molecule has 4 N–H and O–H groups in total. The number of carboxylic acids is 1. The van der Waals surface area contributed by atoms with Crippen LogP contribution in [-0.2, 0) is 0 Å². The quantitative estimate of drug-likeness (QED) is 0.673. The van der Waals surface area contributed by atoms with E-state index in [4.69, 9.17) is 22.4 Å². The van der Waals surface area contributed by atoms with Gasteiger partial charge in [0.2, 0.25) is 5.76 Å². The summed E-state index contributed by atoms with van der Waals surface area (Å²) in [6.45, 7) is 0. The highest BCUT2D eigenvalue weighted by Gasteiger charge is 2.30. The second-order valence-corrected chi connectivity index (χ2v) is 6.27. The molecule has 7 heteroatoms. The predicted octanol–water partition coefficient (Wildman–Crippen LogP) is 2.70. The van der Waals surface area contributed by atoms with Crippen molar-refractivity contribution in [3.8, 4) is 11.8 Å². The Morgan fingerprint density at radius 3 is 2.80 bits per heavy atom. The maximum Gasteiger partial charge on any atom is 0.374 e. The molecule has 1 aromatic heterocycles. The van der Waals surface area contributed by atoms with E-state index in [1.165, 1.54) is 12.3 Å². The first-order chi connectivity index (χ1) is 11.9. The first kappa shape index (κ1) is 19.0. The minimum Gasteiger partial charge on any atom is -0.475 e. The first-order valence-corrected chi connectivity index (χ1v) is 8.16. The van der Waals surface area contributed by atoms with Gasteiger partial charge in [0, 0.05) is 29.1 Å². The number of hydrogen-bond acceptors (Lipinski definition) is 5. The molecular formula is C18H19ClN2O4. The molecule has 2 aromatic rings. The summed E-state index contributed by atoms with van der Waals surface area (Å²) in [6.07, 6.45) is 4.45. The number of carbonyl (C=O) groups is 1. The van der Waals surface area contributed by atoms with Gasteiger partial charge in [-0.3, -0.25) is 0 Å². The molecule has 0 aliphatic heterocycles. The van der Waals surface area contributed by atoms with Crippen LogP contribution in [0.25, 0.3) is 0 Å². The predicted molar refractivity (Wildman–Crippen MR) is 93.2 cm³/mol. The lowest BCUT2D eigenvalue weighted by molar-refractivity contribution is 0.0532. The van der Waals surface area contributed by atoms with Crippen LogP contribution in [0, 0.1) is 11.8 Å². The van der Waals surface area contributed by atoms with Gasteiger partial charge in [-0.05, 0) is 37.5 Å². The van der Waals surface area contributed by atoms with Crippen LogP contribution in [-0.4, -0.2) is 33.0 Å². The van der Waals surface area contributed by atoms with Gasteiger partial charge in [0.05, 0.1) is 6.20 Å². The number of nitrogens with zero attached hydrogens (tertiary/aromatic N) is 1. The van der Waals surface area contributed by atoms with Crippen molar-refractivity contribution in [3.05, 3.63) is 52.9 Å². The van der Waals surface area contributed by atoms with E-state index < -0.39 is 11.6 Å². The monoisotopic (exact) mass is 362 g/mol. The summed E-state index contributed by atoms with van der Waals surface area (Å²) in [7, 11) is 0. The van der Waals surface area contributed by atoms with Crippen molar-refractivity contribution in [2.45, 2.75) is 37.3 Å². The highest BCUT2D eigenvalue weighted by Crippen LogP contribution is 2.26. The fourth-order valence-corrected chi connectivity index (χ4v) is 2.68. The molecule has 0 unspecified atom stereocenters. The molecule has 1 aromatic carbocycles. The van der Waals surface area contributed by atoms with Gasteiger partial charge in [-0.15, -0.1) is 0 Å². The van der Waals surface area contributed by atoms with Gasteiger partial charge in [0.25, 0.3) is 0 Å². The van der Waals surface area contributed by atoms with Crippen LogP contribution >= 0.6 is 11.6 Å². The Bertz CT molecular complexity index is 767. The number of hydrogen-bond donors (Lipinski definition) is 3. The van der Waals surface area contributed by atoms with E-state index in [0.717, 1.165) is 18.4 Å². The van der Waals surface area contributed by atoms with Crippen molar-refractivity contribution in [2.75, 3.05) is 0 Å². The van der Waals surface area contributed by atoms with Crippen molar-refractivity contribution < 1.29 is 19.5 Å². The molecule has 3 rings (SSSR count). The molecule has 6 nitrogen and oxygen atoms in total. The number of benzene rings is 1. The van der Waals surface area contributed by atoms with Gasteiger partial charge in [0.15, 0.2) is 0 Å². The van der Waals surface area contributed by atoms with Gasteiger partial charge in [-0.25, -0.2) is 4.79 Å². The van der Waals surface area contributed by atoms with E-state index in [1.54, 1.807) is 12.1 Å². The number of aromatic carboxylic acids is 1. The number of carboxylic acid groups (broad SMARTS) is 1. The summed E-state index contributed by atoms with van der Waals surface area (Å²) < 4.78 is 4.25. The van der Waals surface area contributed by atoms with Gasteiger partial charge < -0.3 is 20.5 Å². The number of rotatable bonds is 1. The summed E-state index contributed by atoms with van der Waals surface area (Å²) in [5.41, 5.74) is 5.75. The van der Waals surface area contributed by atoms with Gasteiger partial charge in [-0.1, -0.05) is 34.7 Å². The van der Waals surface area contributed by atoms with Crippen LogP contribution in [0.15, 0.2) is 41.1 Å². The minimum absolute atomic E-state index is 0.0578. The Balaban J connectivity index is 0.000000236. The van der Waals surface area contributed by atoms with Crippen molar-refractivity contribution in [1.29, 1.82) is 0 Å². The highest BCUT2D eigenvalue weighted by molar-refractivity contribution is 6.30. The van der Waals surface area contributed by atoms with Crippen molar-refractivity contribution in [3.63, 3.8) is 0 Å². The molecule has 0 spiro atoms. The van der Waals surface area contributed by atoms with E-state index >= 15 is 0 Å². The number of halogens is 1. The lowest BCUT2D eigenvalue weighted by Crippen LogP contribution is -2.40. The minimum atomic E-state index is -1.09. The van der Waals surface area contributed by atoms with Crippen molar-refractivity contribution in [1.82, 2.24) is 5.16 Å². The standard InChI is InChI=1S/C14H16ClNO.C4H3NO3/c15-12-4-1-3-11(9-12)6-8-14(17)7-2-5-13(16)10-14;6-4(7)3-1-2-5-8-3/h1,3-4,9,13,17H,2,5,7,10,16H2;1-2H,(H,6,7)/t13-,14+;/m1./s1. The first-order valence-electron chi connectivity index (χ1n) is 7.79. The summed E-state index contributed by atoms with van der Waals surface area (Å²) in [5.74, 6) is 4.69. The zero-order chi connectivity index (χ0) is 18.3. The van der Waals surface area contributed by atoms with Gasteiger partial charge in [-0.2, -0.15) is 0 Å². The normalized spacial score (nSPS) is 22.1. The lowest BCUT2D eigenvalue weighted by Gasteiger charge is -2.30. The lowest BCUT2D eigenvalue weighted by atomic mass is 9.82. The van der Waals surface area contributed by atoms with E-state index in [1.807, 2.05) is 12.1 Å². The number of nitrogens with two attached hydrogens (primary N) is 1. The van der Waals surface area contributed by atoms with E-state index in [0.29, 0.717) is 17.9 Å². The molecule has 25 heavy (non-hydrogen) atoms. The van der Waals surface area contributed by atoms with Crippen molar-refractivity contribution in [2.24, 2.45) is 5.73 Å². The van der Waals surface area contributed by atoms with Crippen LogP contribution in [0.2, 0.25) is 5.02 Å². The Kier molecular flexibility index (Phi) is 6.59. The molecule has 1 aliphatic carbocycles. The molecule has 1 aliphatic rings. The Morgan fingerprint density at radius 1 is 1.44 bits per heavy atom. The third-order valence-corrected chi connectivity index (χ3v) is 3.91. The summed E-state index contributed by atoms with van der Waals surface area (Å²) >= 11 is 5.87. The molecule has 1 heterocycles. The molecule has 1 fully saturated rings. The van der Waals surface area contributed by atoms with Crippen LogP contribution in [0.3, 0.4) is 0 Å². The topological polar surface area (TPSA) is 110 Å². The summed E-state index contributed by atoms with van der Waals surface area (Å²) in [6, 6.07) is 8.66. The molecule has 2 atom stereocenters. The number of aromatic nitrogens is 1. The van der Waals surface area contributed by atoms with E-state index in [-0.39, 0.29) is 11.8 Å². The fraction of sp³-hybridized carbons (Fsp3) is 0.333. The van der Waals surface area contributed by atoms with Crippen LogP contribution in [0.5, 0.6) is 0 Å². The SMILES string of the molecule is N[C@@H]1CCC[C@](O)(C#Cc2cccc(Cl)c2)C1.O=C(O)c1ccno1. The molecule has 0 amide bonds. The zero-order valence-corrected chi connectivity index (χ0v) is 14.2. The van der Waals surface area contributed by atoms with E-state index in [9.17, 15) is 9.90 Å². The summed E-state index contributed by atoms with van der Waals surface area (Å²) in [4.78, 5) is 9.93. The van der Waals surface area contributed by atoms with E-state index in [2.05, 4.69) is 21.5 Å². The molecule has 0 bridgehead atoms. The Labute approximate surface area is 150 Å². The molecule has 0 saturated heterocycles. The van der Waals surface area contributed by atoms with Crippen LogP contribution in [0.1, 0.15) is 41.8 Å². The Hall–Kier alpha value is -2.33. The maximum absolute atomic E-state index is 10.3. The summed E-state index contributed by atoms with van der Waals surface area (Å²) in [5, 5.41) is 22.3. The fourth-order valence-electron chi connectivity index (χ4n) is 2.49. The van der Waals surface area contributed by atoms with Gasteiger partial charge >= 0.3 is 5.97 Å². The third-order valence-electron chi connectivity index (χ3n) is 3.68. The van der Waals surface area contributed by atoms with Crippen LogP contribution < -0.4 is 5.73 Å². The molecule has 132 valence electrons. The zero-order valence-electron chi connectivity index (χ0n) is 13.5. The largest absolute Gasteiger partial charge is 0.475 e. The van der Waals surface area contributed by atoms with Crippen LogP contribution in [0.4, 0.5) is 0 Å². The van der Waals surface area contributed by atoms with Gasteiger partial charge in [0.1, 0.15) is 5.60 Å². The smallest absolute Gasteiger partial charge is 0.374 e. The average molecular weight is 363 g/mol.